The molecule has 0 bridgehead atoms. The Balaban J connectivity index is 1.59. The summed E-state index contributed by atoms with van der Waals surface area (Å²) in [5.74, 6) is 0.180. The minimum absolute atomic E-state index is 0.180. The van der Waals surface area contributed by atoms with Crippen molar-refractivity contribution in [1.29, 1.82) is 0 Å². The Kier molecular flexibility index (Phi) is 3.97. The van der Waals surface area contributed by atoms with Crippen molar-refractivity contribution in [1.82, 2.24) is 10.6 Å². The maximum absolute atomic E-state index is 11.6. The van der Waals surface area contributed by atoms with Crippen LogP contribution in [0.15, 0.2) is 0 Å². The highest BCUT2D eigenvalue weighted by atomic mass is 16.5. The lowest BCUT2D eigenvalue weighted by molar-refractivity contribution is -0.122. The molecular weight excluding hydrogens is 192 g/mol. The van der Waals surface area contributed by atoms with E-state index in [1.165, 1.54) is 0 Å². The van der Waals surface area contributed by atoms with Crippen molar-refractivity contribution in [2.45, 2.75) is 44.2 Å². The number of hydrogen-bond donors (Lipinski definition) is 2. The number of hydrogen-bond acceptors (Lipinski definition) is 3. The maximum atomic E-state index is 11.6. The molecule has 0 saturated carbocycles. The summed E-state index contributed by atoms with van der Waals surface area (Å²) in [6.07, 6.45) is 5.16. The highest BCUT2D eigenvalue weighted by molar-refractivity contribution is 5.76. The highest BCUT2D eigenvalue weighted by Crippen LogP contribution is 2.16. The lowest BCUT2D eigenvalue weighted by atomic mass is 10.1. The highest BCUT2D eigenvalue weighted by Gasteiger charge is 2.19. The monoisotopic (exact) mass is 212 g/mol. The van der Waals surface area contributed by atoms with Crippen LogP contribution in [0.4, 0.5) is 0 Å². The fraction of sp³-hybridized carbons (Fsp3) is 0.909. The molecule has 2 atom stereocenters. The first-order valence-corrected chi connectivity index (χ1v) is 5.96. The standard InChI is InChI=1S/C11H20N2O2/c14-11(13-9-5-6-12-8-9)4-3-10-2-1-7-15-10/h9-10,12H,1-8H2,(H,13,14). The average molecular weight is 212 g/mol. The van der Waals surface area contributed by atoms with Gasteiger partial charge in [0.2, 0.25) is 5.91 Å². The third-order valence-corrected chi connectivity index (χ3v) is 3.14. The van der Waals surface area contributed by atoms with E-state index >= 15 is 0 Å². The van der Waals surface area contributed by atoms with Crippen LogP contribution in [0.25, 0.3) is 0 Å². The maximum Gasteiger partial charge on any atom is 0.220 e. The van der Waals surface area contributed by atoms with Gasteiger partial charge in [0.25, 0.3) is 0 Å². The second kappa shape index (κ2) is 5.47. The van der Waals surface area contributed by atoms with Crippen molar-refractivity contribution in [3.8, 4) is 0 Å². The summed E-state index contributed by atoms with van der Waals surface area (Å²) < 4.78 is 5.48. The molecule has 2 saturated heterocycles. The minimum atomic E-state index is 0.180. The molecular formula is C11H20N2O2. The minimum Gasteiger partial charge on any atom is -0.378 e. The van der Waals surface area contributed by atoms with Gasteiger partial charge in [0.15, 0.2) is 0 Å². The molecule has 4 nitrogen and oxygen atoms in total. The zero-order valence-corrected chi connectivity index (χ0v) is 9.13. The fourth-order valence-electron chi connectivity index (χ4n) is 2.24. The quantitative estimate of drug-likeness (QED) is 0.710. The smallest absolute Gasteiger partial charge is 0.220 e. The lowest BCUT2D eigenvalue weighted by Crippen LogP contribution is -2.36. The Labute approximate surface area is 90.8 Å². The third-order valence-electron chi connectivity index (χ3n) is 3.14. The molecule has 86 valence electrons. The number of nitrogens with one attached hydrogen (secondary N) is 2. The van der Waals surface area contributed by atoms with Crippen LogP contribution in [-0.2, 0) is 9.53 Å². The van der Waals surface area contributed by atoms with E-state index in [1.54, 1.807) is 0 Å². The van der Waals surface area contributed by atoms with Gasteiger partial charge < -0.3 is 15.4 Å². The number of amides is 1. The molecule has 0 aliphatic carbocycles. The Hall–Kier alpha value is -0.610. The van der Waals surface area contributed by atoms with Crippen LogP contribution >= 0.6 is 0 Å². The van der Waals surface area contributed by atoms with Crippen LogP contribution in [0.2, 0.25) is 0 Å². The SMILES string of the molecule is O=C(CCC1CCCO1)NC1CCNC1. The molecule has 2 N–H and O–H groups in total. The van der Waals surface area contributed by atoms with E-state index in [1.807, 2.05) is 0 Å². The topological polar surface area (TPSA) is 50.4 Å². The third kappa shape index (κ3) is 3.47. The molecule has 2 fully saturated rings. The number of ether oxygens (including phenoxy) is 1. The molecule has 2 unspecified atom stereocenters. The molecule has 4 heteroatoms. The summed E-state index contributed by atoms with van der Waals surface area (Å²) in [7, 11) is 0. The van der Waals surface area contributed by atoms with Gasteiger partial charge in [0.05, 0.1) is 6.10 Å². The van der Waals surface area contributed by atoms with Gasteiger partial charge in [-0.2, -0.15) is 0 Å². The summed E-state index contributed by atoms with van der Waals surface area (Å²) >= 11 is 0. The van der Waals surface area contributed by atoms with Gasteiger partial charge in [-0.3, -0.25) is 4.79 Å². The van der Waals surface area contributed by atoms with Gasteiger partial charge in [-0.1, -0.05) is 0 Å². The van der Waals surface area contributed by atoms with Gasteiger partial charge in [0.1, 0.15) is 0 Å². The summed E-state index contributed by atoms with van der Waals surface area (Å²) in [6.45, 7) is 2.82. The molecule has 15 heavy (non-hydrogen) atoms. The zero-order valence-electron chi connectivity index (χ0n) is 9.13. The van der Waals surface area contributed by atoms with E-state index < -0.39 is 0 Å². The van der Waals surface area contributed by atoms with Crippen molar-refractivity contribution in [2.75, 3.05) is 19.7 Å². The van der Waals surface area contributed by atoms with Crippen molar-refractivity contribution in [2.24, 2.45) is 0 Å². The Morgan fingerprint density at radius 1 is 1.47 bits per heavy atom. The van der Waals surface area contributed by atoms with Crippen LogP contribution in [-0.4, -0.2) is 37.7 Å². The van der Waals surface area contributed by atoms with Gasteiger partial charge in [-0.25, -0.2) is 0 Å². The van der Waals surface area contributed by atoms with Gasteiger partial charge in [-0.05, 0) is 32.2 Å². The average Bonchev–Trinajstić information content (AvgIpc) is 2.86. The van der Waals surface area contributed by atoms with E-state index in [9.17, 15) is 4.79 Å². The first kappa shape index (κ1) is 10.9. The zero-order chi connectivity index (χ0) is 10.5. The van der Waals surface area contributed by atoms with Crippen LogP contribution in [0.1, 0.15) is 32.1 Å². The molecule has 2 aliphatic heterocycles. The lowest BCUT2D eigenvalue weighted by Gasteiger charge is -2.12. The molecule has 0 aromatic rings. The second-order valence-electron chi connectivity index (χ2n) is 4.43. The molecule has 2 aliphatic rings. The van der Waals surface area contributed by atoms with Crippen molar-refractivity contribution < 1.29 is 9.53 Å². The first-order valence-electron chi connectivity index (χ1n) is 5.96. The van der Waals surface area contributed by atoms with E-state index in [0.717, 1.165) is 45.4 Å². The summed E-state index contributed by atoms with van der Waals surface area (Å²) in [4.78, 5) is 11.6. The number of carbonyl (C=O) groups excluding carboxylic acids is 1. The summed E-state index contributed by atoms with van der Waals surface area (Å²) in [5, 5.41) is 6.28. The van der Waals surface area contributed by atoms with Crippen molar-refractivity contribution >= 4 is 5.91 Å². The van der Waals surface area contributed by atoms with Gasteiger partial charge in [-0.15, -0.1) is 0 Å². The summed E-state index contributed by atoms with van der Waals surface area (Å²) in [5.41, 5.74) is 0. The van der Waals surface area contributed by atoms with Crippen LogP contribution in [0.5, 0.6) is 0 Å². The largest absolute Gasteiger partial charge is 0.378 e. The molecule has 0 aromatic carbocycles. The van der Waals surface area contributed by atoms with E-state index in [4.69, 9.17) is 4.74 Å². The van der Waals surface area contributed by atoms with Gasteiger partial charge in [0, 0.05) is 25.6 Å². The predicted molar refractivity (Wildman–Crippen MR) is 57.6 cm³/mol. The van der Waals surface area contributed by atoms with Crippen LogP contribution in [0.3, 0.4) is 0 Å². The number of rotatable bonds is 4. The number of carbonyl (C=O) groups is 1. The molecule has 2 rings (SSSR count). The normalized spacial score (nSPS) is 30.7. The van der Waals surface area contributed by atoms with Crippen molar-refractivity contribution in [3.05, 3.63) is 0 Å². The Morgan fingerprint density at radius 2 is 2.40 bits per heavy atom. The van der Waals surface area contributed by atoms with E-state index in [2.05, 4.69) is 10.6 Å². The van der Waals surface area contributed by atoms with E-state index in [0.29, 0.717) is 18.6 Å². The molecule has 0 spiro atoms. The van der Waals surface area contributed by atoms with Gasteiger partial charge >= 0.3 is 0 Å². The molecule has 2 heterocycles. The second-order valence-corrected chi connectivity index (χ2v) is 4.43. The Bertz CT molecular complexity index is 209. The predicted octanol–water partition coefficient (Wildman–Crippen LogP) is 0.424. The molecule has 0 aromatic heterocycles. The fourth-order valence-corrected chi connectivity index (χ4v) is 2.24. The molecule has 0 radical (unpaired) electrons. The first-order chi connectivity index (χ1) is 7.34. The van der Waals surface area contributed by atoms with E-state index in [-0.39, 0.29) is 5.91 Å². The molecule has 1 amide bonds. The Morgan fingerprint density at radius 3 is 3.07 bits per heavy atom. The van der Waals surface area contributed by atoms with Crippen molar-refractivity contribution in [3.63, 3.8) is 0 Å². The van der Waals surface area contributed by atoms with Crippen LogP contribution < -0.4 is 10.6 Å². The summed E-state index contributed by atoms with van der Waals surface area (Å²) in [6, 6.07) is 0.349. The van der Waals surface area contributed by atoms with Crippen LogP contribution in [0, 0.1) is 0 Å².